The lowest BCUT2D eigenvalue weighted by Crippen LogP contribution is -2.59. The van der Waals surface area contributed by atoms with Crippen LogP contribution < -0.4 is 0 Å². The maximum absolute atomic E-state index is 14.5. The number of fused-ring (bicyclic) bond motifs is 2. The van der Waals surface area contributed by atoms with Gasteiger partial charge in [-0.05, 0) is 60.2 Å². The van der Waals surface area contributed by atoms with Gasteiger partial charge in [0.1, 0.15) is 12.2 Å². The van der Waals surface area contributed by atoms with Crippen LogP contribution in [0.3, 0.4) is 0 Å². The number of allylic oxidation sites excluding steroid dienone is 1. The molecule has 4 aliphatic heterocycles. The maximum Gasteiger partial charge on any atom is 0.308 e. The van der Waals surface area contributed by atoms with Gasteiger partial charge in [0.15, 0.2) is 8.32 Å². The van der Waals surface area contributed by atoms with Crippen LogP contribution in [-0.2, 0) is 78.3 Å². The standard InChI is InChI=1S/C59H78O11Si/c1-7-8-29-46-50(34-53-51(65-46)33-49(64-40-45-27-19-12-20-28-45)57(68-53)41-62-38-43-23-15-10-16-24-43)69-58(60)36-55-56(70-71(5,6)59(2,3)4)35-54-52(67-55)32-48(63-39-44-25-17-11-18-26-44)47(66-54)30-31-61-37-42-21-13-9-14-22-42/h7-28,46-57H,29-41H2,1-6H3/b8-7-/t46-,47-,48+,49-,50+,51+,52-,53-,54+,55+,56-,57+/m0/s1. The molecular weight excluding hydrogens is 913 g/mol. The zero-order valence-electron chi connectivity index (χ0n) is 42.8. The summed E-state index contributed by atoms with van der Waals surface area (Å²) in [6.07, 6.45) is 3.75. The van der Waals surface area contributed by atoms with E-state index < -0.39 is 20.5 Å². The Morgan fingerprint density at radius 2 is 1.00 bits per heavy atom. The van der Waals surface area contributed by atoms with Crippen LogP contribution in [0.15, 0.2) is 133 Å². The largest absolute Gasteiger partial charge is 0.459 e. The van der Waals surface area contributed by atoms with Crippen molar-refractivity contribution in [3.8, 4) is 0 Å². The molecule has 4 aromatic rings. The van der Waals surface area contributed by atoms with Crippen LogP contribution in [0.2, 0.25) is 18.1 Å². The number of carbonyl (C=O) groups excluding carboxylic acids is 1. The van der Waals surface area contributed by atoms with Crippen LogP contribution in [0.1, 0.15) is 94.9 Å². The quantitative estimate of drug-likeness (QED) is 0.0325. The minimum Gasteiger partial charge on any atom is -0.459 e. The van der Waals surface area contributed by atoms with Crippen molar-refractivity contribution >= 4 is 14.3 Å². The fourth-order valence-corrected chi connectivity index (χ4v) is 11.3. The monoisotopic (exact) mass is 991 g/mol. The lowest BCUT2D eigenvalue weighted by molar-refractivity contribution is -0.263. The third-order valence-electron chi connectivity index (χ3n) is 14.9. The first-order chi connectivity index (χ1) is 34.4. The summed E-state index contributed by atoms with van der Waals surface area (Å²) in [5, 5.41) is -0.0661. The van der Waals surface area contributed by atoms with Crippen molar-refractivity contribution in [1.82, 2.24) is 0 Å². The lowest BCUT2D eigenvalue weighted by Gasteiger charge is -2.50. The molecule has 0 aromatic heterocycles. The molecule has 71 heavy (non-hydrogen) atoms. The molecule has 4 aromatic carbocycles. The molecule has 4 heterocycles. The Morgan fingerprint density at radius 1 is 0.563 bits per heavy atom. The van der Waals surface area contributed by atoms with Crippen LogP contribution in [0.25, 0.3) is 0 Å². The molecule has 0 unspecified atom stereocenters. The van der Waals surface area contributed by atoms with Gasteiger partial charge < -0.3 is 47.1 Å². The number of hydrogen-bond donors (Lipinski definition) is 0. The highest BCUT2D eigenvalue weighted by atomic mass is 28.4. The number of carbonyl (C=O) groups is 1. The Morgan fingerprint density at radius 3 is 1.52 bits per heavy atom. The third-order valence-corrected chi connectivity index (χ3v) is 19.4. The van der Waals surface area contributed by atoms with Gasteiger partial charge >= 0.3 is 5.97 Å². The van der Waals surface area contributed by atoms with Gasteiger partial charge in [-0.3, -0.25) is 4.79 Å². The Balaban J connectivity index is 0.953. The number of ether oxygens (including phenoxy) is 9. The van der Waals surface area contributed by atoms with Crippen molar-refractivity contribution in [2.45, 2.75) is 190 Å². The molecule has 0 amide bonds. The maximum atomic E-state index is 14.5. The Bertz CT molecular complexity index is 2210. The van der Waals surface area contributed by atoms with Crippen LogP contribution in [0.4, 0.5) is 0 Å². The van der Waals surface area contributed by atoms with Gasteiger partial charge in [-0.25, -0.2) is 0 Å². The van der Waals surface area contributed by atoms with Crippen LogP contribution in [0, 0.1) is 0 Å². The number of benzene rings is 4. The van der Waals surface area contributed by atoms with Gasteiger partial charge in [-0.15, -0.1) is 0 Å². The van der Waals surface area contributed by atoms with Gasteiger partial charge in [0.05, 0.1) is 100 Å². The highest BCUT2D eigenvalue weighted by molar-refractivity contribution is 6.74. The van der Waals surface area contributed by atoms with E-state index in [0.29, 0.717) is 78.2 Å². The van der Waals surface area contributed by atoms with Crippen molar-refractivity contribution in [2.75, 3.05) is 13.2 Å². The van der Waals surface area contributed by atoms with E-state index in [4.69, 9.17) is 47.1 Å². The zero-order chi connectivity index (χ0) is 49.6. The topological polar surface area (TPSA) is 109 Å². The summed E-state index contributed by atoms with van der Waals surface area (Å²) >= 11 is 0. The van der Waals surface area contributed by atoms with Gasteiger partial charge in [0.2, 0.25) is 0 Å². The predicted octanol–water partition coefficient (Wildman–Crippen LogP) is 11.3. The van der Waals surface area contributed by atoms with E-state index in [1.807, 2.05) is 85.8 Å². The molecule has 0 radical (unpaired) electrons. The predicted molar refractivity (Wildman–Crippen MR) is 276 cm³/mol. The Hall–Kier alpha value is -4.05. The highest BCUT2D eigenvalue weighted by Gasteiger charge is 2.51. The highest BCUT2D eigenvalue weighted by Crippen LogP contribution is 2.43. The van der Waals surface area contributed by atoms with Crippen molar-refractivity contribution < 1.29 is 51.9 Å². The summed E-state index contributed by atoms with van der Waals surface area (Å²) < 4.78 is 67.1. The smallest absolute Gasteiger partial charge is 0.308 e. The third kappa shape index (κ3) is 15.3. The van der Waals surface area contributed by atoms with Gasteiger partial charge in [0.25, 0.3) is 0 Å². The number of rotatable bonds is 22. The van der Waals surface area contributed by atoms with Crippen molar-refractivity contribution in [1.29, 1.82) is 0 Å². The van der Waals surface area contributed by atoms with E-state index in [9.17, 15) is 4.79 Å². The summed E-state index contributed by atoms with van der Waals surface area (Å²) in [4.78, 5) is 14.5. The SMILES string of the molecule is C/C=C\C[C@@H]1O[C@@H]2C[C@H](OCc3ccccc3)[C@@H](COCc3ccccc3)O[C@H]2C[C@H]1OC(=O)C[C@H]1O[C@H]2C[C@@H](OCc3ccccc3)[C@H](CCOCc3ccccc3)O[C@@H]2C[C@@H]1O[Si](C)(C)C(C)(C)C. The van der Waals surface area contributed by atoms with E-state index in [-0.39, 0.29) is 78.5 Å². The number of esters is 1. The van der Waals surface area contributed by atoms with Crippen LogP contribution in [-0.4, -0.2) is 101 Å². The van der Waals surface area contributed by atoms with E-state index in [2.05, 4.69) is 88.5 Å². The molecule has 11 nitrogen and oxygen atoms in total. The lowest BCUT2D eigenvalue weighted by atomic mass is 9.88. The molecule has 4 aliphatic rings. The summed E-state index contributed by atoms with van der Waals surface area (Å²) in [5.74, 6) is -0.348. The molecule has 0 saturated carbocycles. The average molecular weight is 991 g/mol. The van der Waals surface area contributed by atoms with E-state index in [1.54, 1.807) is 0 Å². The van der Waals surface area contributed by atoms with Gasteiger partial charge in [0, 0.05) is 32.3 Å². The molecule has 4 fully saturated rings. The molecule has 4 saturated heterocycles. The molecule has 0 aliphatic carbocycles. The first-order valence-electron chi connectivity index (χ1n) is 26.1. The van der Waals surface area contributed by atoms with Crippen LogP contribution >= 0.6 is 0 Å². The van der Waals surface area contributed by atoms with Crippen LogP contribution in [0.5, 0.6) is 0 Å². The van der Waals surface area contributed by atoms with Gasteiger partial charge in [-0.2, -0.15) is 0 Å². The second-order valence-corrected chi connectivity index (χ2v) is 26.0. The minimum absolute atomic E-state index is 0.0297. The first kappa shape index (κ1) is 53.2. The molecule has 12 atom stereocenters. The molecule has 384 valence electrons. The summed E-state index contributed by atoms with van der Waals surface area (Å²) in [6, 6.07) is 40.8. The summed E-state index contributed by atoms with van der Waals surface area (Å²) in [6.45, 7) is 16.0. The molecule has 0 bridgehead atoms. The normalized spacial score (nSPS) is 29.0. The summed E-state index contributed by atoms with van der Waals surface area (Å²) in [5.41, 5.74) is 4.41. The molecule has 0 spiro atoms. The fraction of sp³-hybridized carbons (Fsp3) is 0.542. The average Bonchev–Trinajstić information content (AvgIpc) is 3.36. The van der Waals surface area contributed by atoms with Crippen molar-refractivity contribution in [2.24, 2.45) is 0 Å². The van der Waals surface area contributed by atoms with E-state index in [1.165, 1.54) is 0 Å². The fourth-order valence-electron chi connectivity index (χ4n) is 9.93. The minimum atomic E-state index is -2.33. The van der Waals surface area contributed by atoms with Crippen molar-refractivity contribution in [3.63, 3.8) is 0 Å². The molecular formula is C59H78O11Si. The molecule has 8 rings (SSSR count). The van der Waals surface area contributed by atoms with E-state index >= 15 is 0 Å². The van der Waals surface area contributed by atoms with Gasteiger partial charge in [-0.1, -0.05) is 154 Å². The molecule has 0 N–H and O–H groups in total. The first-order valence-corrected chi connectivity index (χ1v) is 29.0. The Kier molecular flexibility index (Phi) is 19.3. The summed E-state index contributed by atoms with van der Waals surface area (Å²) in [7, 11) is -2.33. The van der Waals surface area contributed by atoms with Crippen molar-refractivity contribution in [3.05, 3.63) is 156 Å². The second kappa shape index (κ2) is 25.7. The number of hydrogen-bond acceptors (Lipinski definition) is 11. The zero-order valence-corrected chi connectivity index (χ0v) is 43.8. The van der Waals surface area contributed by atoms with E-state index in [0.717, 1.165) is 22.3 Å². The molecule has 12 heteroatoms. The Labute approximate surface area is 423 Å². The second-order valence-electron chi connectivity index (χ2n) is 21.2.